The van der Waals surface area contributed by atoms with E-state index in [1.807, 2.05) is 60.7 Å². The summed E-state index contributed by atoms with van der Waals surface area (Å²) in [5, 5.41) is 2.98. The second-order valence-corrected chi connectivity index (χ2v) is 9.96. The predicted octanol–water partition coefficient (Wildman–Crippen LogP) is 3.59. The van der Waals surface area contributed by atoms with Gasteiger partial charge in [0.05, 0.1) is 18.0 Å². The minimum absolute atomic E-state index is 0.0200. The third-order valence-corrected chi connectivity index (χ3v) is 7.76. The Morgan fingerprint density at radius 3 is 2.12 bits per heavy atom. The lowest BCUT2D eigenvalue weighted by atomic mass is 9.98. The third-order valence-electron chi connectivity index (χ3n) is 5.94. The van der Waals surface area contributed by atoms with Gasteiger partial charge in [-0.1, -0.05) is 60.7 Å². The van der Waals surface area contributed by atoms with E-state index in [1.54, 1.807) is 13.0 Å². The minimum atomic E-state index is -4.23. The van der Waals surface area contributed by atoms with Gasteiger partial charge in [0.1, 0.15) is 11.8 Å². The van der Waals surface area contributed by atoms with Crippen molar-refractivity contribution >= 4 is 21.8 Å². The van der Waals surface area contributed by atoms with Crippen molar-refractivity contribution in [2.24, 2.45) is 0 Å². The van der Waals surface area contributed by atoms with Crippen LogP contribution in [0.2, 0.25) is 0 Å². The Morgan fingerprint density at radius 1 is 1.00 bits per heavy atom. The molecule has 176 valence electrons. The number of amides is 2. The van der Waals surface area contributed by atoms with Crippen LogP contribution in [0, 0.1) is 6.92 Å². The summed E-state index contributed by atoms with van der Waals surface area (Å²) in [6.07, 6.45) is 0.100. The van der Waals surface area contributed by atoms with E-state index in [2.05, 4.69) is 5.32 Å². The molecule has 0 saturated carbocycles. The van der Waals surface area contributed by atoms with Crippen LogP contribution in [0.15, 0.2) is 83.8 Å². The average molecular weight is 479 g/mol. The maximum atomic E-state index is 13.4. The van der Waals surface area contributed by atoms with E-state index in [0.29, 0.717) is 11.3 Å². The number of sulfonamides is 1. The first-order chi connectivity index (χ1) is 16.3. The molecule has 1 heterocycles. The van der Waals surface area contributed by atoms with Crippen LogP contribution >= 0.6 is 0 Å². The van der Waals surface area contributed by atoms with Crippen LogP contribution < -0.4 is 10.1 Å². The zero-order valence-electron chi connectivity index (χ0n) is 19.0. The van der Waals surface area contributed by atoms with E-state index < -0.39 is 33.9 Å². The van der Waals surface area contributed by atoms with Gasteiger partial charge in [-0.2, -0.15) is 0 Å². The number of methoxy groups -OCH3 is 1. The fraction of sp³-hybridized carbons (Fsp3) is 0.231. The van der Waals surface area contributed by atoms with Gasteiger partial charge in [-0.3, -0.25) is 9.59 Å². The molecular formula is C26H26N2O5S. The second kappa shape index (κ2) is 9.69. The van der Waals surface area contributed by atoms with Crippen LogP contribution in [-0.4, -0.2) is 37.7 Å². The van der Waals surface area contributed by atoms with Crippen molar-refractivity contribution in [2.45, 2.75) is 36.7 Å². The number of carbonyl (C=O) groups is 2. The monoisotopic (exact) mass is 478 g/mol. The molecule has 1 fully saturated rings. The van der Waals surface area contributed by atoms with Crippen molar-refractivity contribution in [1.82, 2.24) is 9.62 Å². The lowest BCUT2D eigenvalue weighted by Crippen LogP contribution is -2.48. The van der Waals surface area contributed by atoms with Crippen molar-refractivity contribution in [3.05, 3.63) is 95.6 Å². The Morgan fingerprint density at radius 2 is 1.59 bits per heavy atom. The highest BCUT2D eigenvalue weighted by molar-refractivity contribution is 7.89. The summed E-state index contributed by atoms with van der Waals surface area (Å²) >= 11 is 0. The summed E-state index contributed by atoms with van der Waals surface area (Å²) in [4.78, 5) is 26.0. The molecule has 4 rings (SSSR count). The Hall–Kier alpha value is -3.65. The molecule has 2 amide bonds. The highest BCUT2D eigenvalue weighted by Gasteiger charge is 2.44. The standard InChI is InChI=1S/C26H26N2O5S/c1-18-17-21(13-15-23(18)33-2)34(31,32)28-22(14-16-24(28)29)26(30)27-25(19-9-5-3-6-10-19)20-11-7-4-8-12-20/h3-13,15,17,22,25H,14,16H2,1-2H3,(H,27,30)/t22-/m1/s1. The topological polar surface area (TPSA) is 92.8 Å². The van der Waals surface area contributed by atoms with Crippen molar-refractivity contribution in [3.8, 4) is 5.75 Å². The van der Waals surface area contributed by atoms with Crippen LogP contribution in [0.25, 0.3) is 0 Å². The van der Waals surface area contributed by atoms with E-state index in [1.165, 1.54) is 19.2 Å². The SMILES string of the molecule is COc1ccc(S(=O)(=O)N2C(=O)CC[C@@H]2C(=O)NC(c2ccccc2)c2ccccc2)cc1C. The molecule has 1 saturated heterocycles. The van der Waals surface area contributed by atoms with E-state index in [0.717, 1.165) is 15.4 Å². The number of nitrogens with one attached hydrogen (secondary N) is 1. The first-order valence-electron chi connectivity index (χ1n) is 10.9. The van der Waals surface area contributed by atoms with Gasteiger partial charge in [-0.25, -0.2) is 12.7 Å². The van der Waals surface area contributed by atoms with Crippen molar-refractivity contribution in [2.75, 3.05) is 7.11 Å². The maximum Gasteiger partial charge on any atom is 0.267 e. The van der Waals surface area contributed by atoms with E-state index in [-0.39, 0.29) is 17.7 Å². The molecule has 0 bridgehead atoms. The molecule has 0 radical (unpaired) electrons. The zero-order chi connectivity index (χ0) is 24.3. The fourth-order valence-electron chi connectivity index (χ4n) is 4.21. The summed E-state index contributed by atoms with van der Waals surface area (Å²) in [5.41, 5.74) is 2.32. The number of carbonyl (C=O) groups excluding carboxylic acids is 2. The van der Waals surface area contributed by atoms with Crippen molar-refractivity contribution in [1.29, 1.82) is 0 Å². The predicted molar refractivity (Wildman–Crippen MR) is 128 cm³/mol. The Balaban J connectivity index is 1.65. The number of hydrogen-bond donors (Lipinski definition) is 1. The van der Waals surface area contributed by atoms with Crippen molar-refractivity contribution in [3.63, 3.8) is 0 Å². The second-order valence-electron chi connectivity index (χ2n) is 8.14. The third kappa shape index (κ3) is 4.54. The average Bonchev–Trinajstić information content (AvgIpc) is 3.25. The van der Waals surface area contributed by atoms with Gasteiger partial charge in [0.15, 0.2) is 0 Å². The summed E-state index contributed by atoms with van der Waals surface area (Å²) in [6.45, 7) is 1.72. The summed E-state index contributed by atoms with van der Waals surface area (Å²) in [5.74, 6) is -0.573. The van der Waals surface area contributed by atoms with Crippen LogP contribution in [0.5, 0.6) is 5.75 Å². The largest absolute Gasteiger partial charge is 0.496 e. The van der Waals surface area contributed by atoms with Gasteiger partial charge in [-0.15, -0.1) is 0 Å². The molecule has 1 aliphatic heterocycles. The molecule has 8 heteroatoms. The van der Waals surface area contributed by atoms with Crippen LogP contribution in [-0.2, 0) is 19.6 Å². The van der Waals surface area contributed by atoms with Gasteiger partial charge in [0.25, 0.3) is 10.0 Å². The summed E-state index contributed by atoms with van der Waals surface area (Å²) in [7, 11) is -2.73. The van der Waals surface area contributed by atoms with Crippen LogP contribution in [0.1, 0.15) is 35.6 Å². The van der Waals surface area contributed by atoms with Gasteiger partial charge >= 0.3 is 0 Å². The molecular weight excluding hydrogens is 452 g/mol. The summed E-state index contributed by atoms with van der Waals surface area (Å²) < 4.78 is 32.8. The smallest absolute Gasteiger partial charge is 0.267 e. The molecule has 7 nitrogen and oxygen atoms in total. The van der Waals surface area contributed by atoms with E-state index >= 15 is 0 Å². The van der Waals surface area contributed by atoms with Crippen LogP contribution in [0.3, 0.4) is 0 Å². The highest BCUT2D eigenvalue weighted by Crippen LogP contribution is 2.31. The highest BCUT2D eigenvalue weighted by atomic mass is 32.2. The lowest BCUT2D eigenvalue weighted by molar-refractivity contribution is -0.130. The molecule has 1 N–H and O–H groups in total. The van der Waals surface area contributed by atoms with Crippen molar-refractivity contribution < 1.29 is 22.7 Å². The van der Waals surface area contributed by atoms with Crippen LogP contribution in [0.4, 0.5) is 0 Å². The Labute approximate surface area is 199 Å². The maximum absolute atomic E-state index is 13.4. The number of hydrogen-bond acceptors (Lipinski definition) is 5. The first-order valence-corrected chi connectivity index (χ1v) is 12.4. The summed E-state index contributed by atoms with van der Waals surface area (Å²) in [6, 6.07) is 21.6. The fourth-order valence-corrected chi connectivity index (χ4v) is 5.90. The number of nitrogens with zero attached hydrogens (tertiary/aromatic N) is 1. The minimum Gasteiger partial charge on any atom is -0.496 e. The number of ether oxygens (including phenoxy) is 1. The van der Waals surface area contributed by atoms with E-state index in [4.69, 9.17) is 4.74 Å². The molecule has 0 spiro atoms. The Kier molecular flexibility index (Phi) is 6.70. The molecule has 34 heavy (non-hydrogen) atoms. The van der Waals surface area contributed by atoms with Gasteiger partial charge in [0.2, 0.25) is 11.8 Å². The van der Waals surface area contributed by atoms with Gasteiger partial charge in [-0.05, 0) is 48.2 Å². The molecule has 0 unspecified atom stereocenters. The van der Waals surface area contributed by atoms with Gasteiger partial charge < -0.3 is 10.1 Å². The molecule has 1 atom stereocenters. The molecule has 3 aromatic carbocycles. The number of benzene rings is 3. The molecule has 0 aromatic heterocycles. The zero-order valence-corrected chi connectivity index (χ0v) is 19.8. The van der Waals surface area contributed by atoms with E-state index in [9.17, 15) is 18.0 Å². The normalized spacial score (nSPS) is 16.0. The van der Waals surface area contributed by atoms with Gasteiger partial charge in [0, 0.05) is 6.42 Å². The Bertz CT molecular complexity index is 1250. The lowest BCUT2D eigenvalue weighted by Gasteiger charge is -2.27. The first kappa shape index (κ1) is 23.5. The molecule has 1 aliphatic rings. The molecule has 3 aromatic rings. The number of aryl methyl sites for hydroxylation is 1. The quantitative estimate of drug-likeness (QED) is 0.560. The molecule has 0 aliphatic carbocycles. The number of rotatable bonds is 7.